The maximum Gasteiger partial charge on any atom is 0.260 e. The van der Waals surface area contributed by atoms with Crippen molar-refractivity contribution in [3.63, 3.8) is 0 Å². The Bertz CT molecular complexity index is 1350. The Morgan fingerprint density at radius 1 is 1.11 bits per heavy atom. The minimum absolute atomic E-state index is 0.0358. The molecule has 7 nitrogen and oxygen atoms in total. The summed E-state index contributed by atoms with van der Waals surface area (Å²) in [5.41, 5.74) is 2.53. The summed E-state index contributed by atoms with van der Waals surface area (Å²) in [5.74, 6) is -0.194. The van der Waals surface area contributed by atoms with Gasteiger partial charge in [0.1, 0.15) is 0 Å². The normalized spacial score (nSPS) is 20.9. The van der Waals surface area contributed by atoms with Crippen LogP contribution in [0.15, 0.2) is 47.4 Å². The second kappa shape index (κ2) is 11.2. The summed E-state index contributed by atoms with van der Waals surface area (Å²) in [6.45, 7) is 5.81. The van der Waals surface area contributed by atoms with Crippen LogP contribution >= 0.6 is 11.3 Å². The molecule has 3 aromatic rings. The van der Waals surface area contributed by atoms with Gasteiger partial charge in [0.25, 0.3) is 5.91 Å². The number of aromatic nitrogens is 1. The predicted molar refractivity (Wildman–Crippen MR) is 148 cm³/mol. The molecule has 2 atom stereocenters. The highest BCUT2D eigenvalue weighted by Gasteiger charge is 2.33. The van der Waals surface area contributed by atoms with Gasteiger partial charge in [0.15, 0.2) is 5.13 Å². The lowest BCUT2D eigenvalue weighted by atomic mass is 10.0. The number of ether oxygens (including phenoxy) is 1. The lowest BCUT2D eigenvalue weighted by Crippen LogP contribution is -2.43. The fraction of sp³-hybridized carbons (Fsp3) is 0.500. The first-order valence-corrected chi connectivity index (χ1v) is 15.6. The van der Waals surface area contributed by atoms with Gasteiger partial charge in [-0.3, -0.25) is 9.69 Å². The van der Waals surface area contributed by atoms with Gasteiger partial charge in [-0.25, -0.2) is 13.4 Å². The Morgan fingerprint density at radius 2 is 1.92 bits per heavy atom. The number of hydrogen-bond acceptors (Lipinski definition) is 6. The molecule has 5 rings (SSSR count). The molecular formula is C28H35N3O4S2. The van der Waals surface area contributed by atoms with Crippen LogP contribution < -0.4 is 4.90 Å². The number of rotatable bonds is 8. The minimum Gasteiger partial charge on any atom is -0.376 e. The Morgan fingerprint density at radius 3 is 2.62 bits per heavy atom. The summed E-state index contributed by atoms with van der Waals surface area (Å²) >= 11 is 1.51. The molecule has 2 unspecified atom stereocenters. The van der Waals surface area contributed by atoms with Gasteiger partial charge in [-0.15, -0.1) is 0 Å². The van der Waals surface area contributed by atoms with Crippen molar-refractivity contribution >= 4 is 42.6 Å². The molecular weight excluding hydrogens is 506 g/mol. The van der Waals surface area contributed by atoms with Gasteiger partial charge < -0.3 is 4.74 Å². The topological polar surface area (TPSA) is 79.8 Å². The van der Waals surface area contributed by atoms with E-state index in [1.54, 1.807) is 33.5 Å². The quantitative estimate of drug-likeness (QED) is 0.369. The van der Waals surface area contributed by atoms with Crippen LogP contribution in [0.3, 0.4) is 0 Å². The molecule has 1 aromatic heterocycles. The van der Waals surface area contributed by atoms with E-state index in [4.69, 9.17) is 9.72 Å². The maximum atomic E-state index is 13.8. The molecule has 2 aliphatic rings. The summed E-state index contributed by atoms with van der Waals surface area (Å²) in [6.07, 6.45) is 6.35. The number of piperidine rings is 1. The molecule has 2 fully saturated rings. The molecule has 0 aliphatic carbocycles. The van der Waals surface area contributed by atoms with E-state index in [1.807, 2.05) is 19.1 Å². The first-order chi connectivity index (χ1) is 17.9. The van der Waals surface area contributed by atoms with Gasteiger partial charge in [-0.05, 0) is 74.4 Å². The number of thiazole rings is 1. The van der Waals surface area contributed by atoms with E-state index in [0.717, 1.165) is 60.7 Å². The van der Waals surface area contributed by atoms with Crippen LogP contribution in [0.4, 0.5) is 5.13 Å². The van der Waals surface area contributed by atoms with Crippen LogP contribution in [0, 0.1) is 0 Å². The Balaban J connectivity index is 1.44. The molecule has 0 spiro atoms. The Labute approximate surface area is 223 Å². The third kappa shape index (κ3) is 5.32. The summed E-state index contributed by atoms with van der Waals surface area (Å²) in [4.78, 5) is 20.6. The zero-order valence-electron chi connectivity index (χ0n) is 21.6. The number of anilines is 1. The van der Waals surface area contributed by atoms with Crippen molar-refractivity contribution in [3.05, 3.63) is 53.6 Å². The van der Waals surface area contributed by atoms with Gasteiger partial charge in [-0.2, -0.15) is 4.31 Å². The van der Waals surface area contributed by atoms with Gasteiger partial charge in [0.2, 0.25) is 10.0 Å². The third-order valence-corrected chi connectivity index (χ3v) is 10.5. The molecule has 3 heterocycles. The minimum atomic E-state index is -3.60. The van der Waals surface area contributed by atoms with Crippen LogP contribution in [0.25, 0.3) is 10.2 Å². The van der Waals surface area contributed by atoms with E-state index in [1.165, 1.54) is 11.3 Å². The first-order valence-electron chi connectivity index (χ1n) is 13.4. The van der Waals surface area contributed by atoms with E-state index >= 15 is 0 Å². The van der Waals surface area contributed by atoms with Crippen molar-refractivity contribution in [1.29, 1.82) is 0 Å². The molecule has 2 aromatic carbocycles. The number of para-hydroxylation sites is 1. The van der Waals surface area contributed by atoms with Crippen LogP contribution in [0.2, 0.25) is 0 Å². The van der Waals surface area contributed by atoms with Gasteiger partial charge in [0, 0.05) is 24.8 Å². The fourth-order valence-corrected chi connectivity index (χ4v) is 8.18. The maximum absolute atomic E-state index is 13.8. The summed E-state index contributed by atoms with van der Waals surface area (Å²) in [5, 5.41) is 0.646. The molecule has 37 heavy (non-hydrogen) atoms. The van der Waals surface area contributed by atoms with E-state index in [9.17, 15) is 13.2 Å². The number of aryl methyl sites for hydroxylation is 1. The van der Waals surface area contributed by atoms with Crippen molar-refractivity contribution in [1.82, 2.24) is 9.29 Å². The van der Waals surface area contributed by atoms with Gasteiger partial charge >= 0.3 is 0 Å². The van der Waals surface area contributed by atoms with Gasteiger partial charge in [-0.1, -0.05) is 43.7 Å². The second-order valence-corrected chi connectivity index (χ2v) is 12.8. The first kappa shape index (κ1) is 26.3. The fourth-order valence-electron chi connectivity index (χ4n) is 5.39. The van der Waals surface area contributed by atoms with Crippen molar-refractivity contribution in [3.8, 4) is 0 Å². The van der Waals surface area contributed by atoms with Crippen molar-refractivity contribution < 1.29 is 17.9 Å². The molecule has 198 valence electrons. The van der Waals surface area contributed by atoms with E-state index < -0.39 is 10.0 Å². The van der Waals surface area contributed by atoms with Crippen LogP contribution in [-0.2, 0) is 21.2 Å². The monoisotopic (exact) mass is 541 g/mol. The third-order valence-electron chi connectivity index (χ3n) is 7.51. The Hall–Kier alpha value is -2.33. The van der Waals surface area contributed by atoms with E-state index in [0.29, 0.717) is 30.4 Å². The number of carbonyl (C=O) groups excluding carboxylic acids is 1. The average Bonchev–Trinajstić information content (AvgIpc) is 3.61. The molecule has 2 saturated heterocycles. The number of nitrogens with zero attached hydrogens (tertiary/aromatic N) is 3. The largest absolute Gasteiger partial charge is 0.376 e. The van der Waals surface area contributed by atoms with Crippen LogP contribution in [-0.4, -0.2) is 55.5 Å². The lowest BCUT2D eigenvalue weighted by molar-refractivity contribution is 0.0917. The number of benzene rings is 2. The average molecular weight is 542 g/mol. The van der Waals surface area contributed by atoms with Gasteiger partial charge in [0.05, 0.1) is 27.8 Å². The van der Waals surface area contributed by atoms with Crippen LogP contribution in [0.1, 0.15) is 68.3 Å². The van der Waals surface area contributed by atoms with Crippen molar-refractivity contribution in [2.75, 3.05) is 24.6 Å². The molecule has 0 radical (unpaired) electrons. The second-order valence-electron chi connectivity index (χ2n) is 9.86. The summed E-state index contributed by atoms with van der Waals surface area (Å²) < 4.78 is 35.3. The molecule has 0 saturated carbocycles. The number of fused-ring (bicyclic) bond motifs is 1. The smallest absolute Gasteiger partial charge is 0.260 e. The van der Waals surface area contributed by atoms with Crippen molar-refractivity contribution in [2.45, 2.75) is 75.8 Å². The molecule has 9 heteroatoms. The molecule has 0 N–H and O–H groups in total. The molecule has 0 bridgehead atoms. The number of carbonyl (C=O) groups is 1. The SMILES string of the molecule is CCc1cccc2sc(N(CC3CCCO3)C(=O)c3ccc(S(=O)(=O)N4CCCCC4CC)cc3)nc12. The van der Waals surface area contributed by atoms with E-state index in [-0.39, 0.29) is 22.9 Å². The highest BCUT2D eigenvalue weighted by atomic mass is 32.2. The van der Waals surface area contributed by atoms with Crippen LogP contribution in [0.5, 0.6) is 0 Å². The van der Waals surface area contributed by atoms with E-state index in [2.05, 4.69) is 13.0 Å². The standard InChI is InChI=1S/C28H35N3O4S2/c1-3-20-9-7-12-25-26(20)29-28(36-25)30(19-23-11-8-18-35-23)27(32)21-13-15-24(16-14-21)37(33,34)31-17-6-5-10-22(31)4-2/h7,9,12-16,22-23H,3-6,8,10-11,17-19H2,1-2H3. The van der Waals surface area contributed by atoms with Crippen molar-refractivity contribution in [2.24, 2.45) is 0 Å². The highest BCUT2D eigenvalue weighted by molar-refractivity contribution is 7.89. The number of sulfonamides is 1. The lowest BCUT2D eigenvalue weighted by Gasteiger charge is -2.34. The number of hydrogen-bond donors (Lipinski definition) is 0. The molecule has 2 aliphatic heterocycles. The highest BCUT2D eigenvalue weighted by Crippen LogP contribution is 2.33. The zero-order valence-corrected chi connectivity index (χ0v) is 23.2. The predicted octanol–water partition coefficient (Wildman–Crippen LogP) is 5.64. The molecule has 1 amide bonds. The summed E-state index contributed by atoms with van der Waals surface area (Å²) in [7, 11) is -3.60. The zero-order chi connectivity index (χ0) is 26.0. The number of amides is 1. The summed E-state index contributed by atoms with van der Waals surface area (Å²) in [6, 6.07) is 12.6. The Kier molecular flexibility index (Phi) is 7.95.